The van der Waals surface area contributed by atoms with Crippen LogP contribution in [0.3, 0.4) is 0 Å². The van der Waals surface area contributed by atoms with Crippen LogP contribution >= 0.6 is 0 Å². The molecule has 0 saturated carbocycles. The van der Waals surface area contributed by atoms with E-state index < -0.39 is 0 Å². The topological polar surface area (TPSA) is 39.7 Å². The summed E-state index contributed by atoms with van der Waals surface area (Å²) >= 11 is 0. The average Bonchev–Trinajstić information content (AvgIpc) is 2.31. The molecule has 0 bridgehead atoms. The minimum Gasteiger partial charge on any atom is -0.382 e. The Morgan fingerprint density at radius 3 is 2.41 bits per heavy atom. The van der Waals surface area contributed by atoms with Gasteiger partial charge in [0.25, 0.3) is 0 Å². The Labute approximate surface area is 106 Å². The lowest BCUT2D eigenvalue weighted by atomic mass is 10.2. The lowest BCUT2D eigenvalue weighted by molar-refractivity contribution is -0.000545. The highest BCUT2D eigenvalue weighted by Gasteiger charge is 2.04. The minimum absolute atomic E-state index is 0.236. The lowest BCUT2D eigenvalue weighted by Crippen LogP contribution is -2.34. The van der Waals surface area contributed by atoms with Crippen LogP contribution in [-0.4, -0.2) is 52.2 Å². The molecule has 0 radical (unpaired) electrons. The van der Waals surface area contributed by atoms with E-state index in [4.69, 9.17) is 14.2 Å². The Hall–Kier alpha value is -0.160. The number of rotatable bonds is 12. The summed E-state index contributed by atoms with van der Waals surface area (Å²) in [5, 5.41) is 3.46. The van der Waals surface area contributed by atoms with Gasteiger partial charge >= 0.3 is 0 Å². The fraction of sp³-hybridized carbons (Fsp3) is 1.00. The third-order valence-corrected chi connectivity index (χ3v) is 2.54. The summed E-state index contributed by atoms with van der Waals surface area (Å²) in [4.78, 5) is 0. The van der Waals surface area contributed by atoms with Gasteiger partial charge in [0.1, 0.15) is 0 Å². The van der Waals surface area contributed by atoms with Gasteiger partial charge in [0, 0.05) is 19.7 Å². The molecular weight excluding hydrogens is 218 g/mol. The van der Waals surface area contributed by atoms with Gasteiger partial charge < -0.3 is 19.5 Å². The molecule has 2 atom stereocenters. The third kappa shape index (κ3) is 12.1. The van der Waals surface area contributed by atoms with Crippen molar-refractivity contribution in [3.8, 4) is 0 Å². The van der Waals surface area contributed by atoms with Gasteiger partial charge in [-0.15, -0.1) is 0 Å². The Morgan fingerprint density at radius 2 is 1.76 bits per heavy atom. The van der Waals surface area contributed by atoms with Crippen molar-refractivity contribution in [3.05, 3.63) is 0 Å². The van der Waals surface area contributed by atoms with Crippen molar-refractivity contribution in [2.45, 2.75) is 45.8 Å². The molecule has 0 spiro atoms. The molecule has 104 valence electrons. The first kappa shape index (κ1) is 16.8. The molecule has 1 N–H and O–H groups in total. The molecule has 0 aliphatic carbocycles. The van der Waals surface area contributed by atoms with Gasteiger partial charge in [-0.05, 0) is 20.3 Å². The summed E-state index contributed by atoms with van der Waals surface area (Å²) in [6.07, 6.45) is 2.67. The van der Waals surface area contributed by atoms with Crippen molar-refractivity contribution >= 4 is 0 Å². The number of methoxy groups -OCH3 is 1. The molecule has 0 fully saturated rings. The van der Waals surface area contributed by atoms with E-state index >= 15 is 0 Å². The average molecular weight is 247 g/mol. The molecule has 0 aromatic rings. The molecule has 0 aliphatic heterocycles. The zero-order valence-corrected chi connectivity index (χ0v) is 11.8. The summed E-state index contributed by atoms with van der Waals surface area (Å²) in [7, 11) is 1.67. The first-order valence-corrected chi connectivity index (χ1v) is 6.62. The van der Waals surface area contributed by atoms with Gasteiger partial charge in [-0.1, -0.05) is 13.3 Å². The van der Waals surface area contributed by atoms with E-state index in [-0.39, 0.29) is 6.10 Å². The Bertz CT molecular complexity index is 156. The quantitative estimate of drug-likeness (QED) is 0.534. The van der Waals surface area contributed by atoms with Gasteiger partial charge in [0.05, 0.1) is 32.5 Å². The first-order chi connectivity index (χ1) is 8.20. The molecule has 0 aliphatic rings. The summed E-state index contributed by atoms with van der Waals surface area (Å²) in [6.45, 7) is 9.97. The van der Waals surface area contributed by atoms with Crippen LogP contribution in [0.2, 0.25) is 0 Å². The lowest BCUT2D eigenvalue weighted by Gasteiger charge is -2.17. The number of ether oxygens (including phenoxy) is 3. The van der Waals surface area contributed by atoms with Crippen molar-refractivity contribution in [3.63, 3.8) is 0 Å². The molecule has 0 aromatic heterocycles. The van der Waals surface area contributed by atoms with Crippen LogP contribution in [0.15, 0.2) is 0 Å². The Kier molecular flexibility index (Phi) is 12.2. The first-order valence-electron chi connectivity index (χ1n) is 6.62. The van der Waals surface area contributed by atoms with Crippen LogP contribution in [0.25, 0.3) is 0 Å². The molecule has 4 heteroatoms. The van der Waals surface area contributed by atoms with E-state index in [1.165, 1.54) is 12.8 Å². The van der Waals surface area contributed by atoms with Crippen molar-refractivity contribution in [2.24, 2.45) is 0 Å². The Morgan fingerprint density at radius 1 is 1.06 bits per heavy atom. The van der Waals surface area contributed by atoms with E-state index in [2.05, 4.69) is 26.1 Å². The molecular formula is C13H29NO3. The predicted molar refractivity (Wildman–Crippen MR) is 70.5 cm³/mol. The highest BCUT2D eigenvalue weighted by atomic mass is 16.5. The summed E-state index contributed by atoms with van der Waals surface area (Å²) in [5.74, 6) is 0. The fourth-order valence-electron chi connectivity index (χ4n) is 1.51. The van der Waals surface area contributed by atoms with Gasteiger partial charge in [0.15, 0.2) is 0 Å². The maximum absolute atomic E-state index is 5.62. The van der Waals surface area contributed by atoms with Crippen LogP contribution in [0.5, 0.6) is 0 Å². The van der Waals surface area contributed by atoms with Crippen LogP contribution in [0.1, 0.15) is 33.6 Å². The van der Waals surface area contributed by atoms with E-state index in [0.717, 1.165) is 6.54 Å². The predicted octanol–water partition coefficient (Wildman–Crippen LogP) is 1.83. The van der Waals surface area contributed by atoms with Crippen LogP contribution in [0, 0.1) is 0 Å². The Balaban J connectivity index is 3.25. The molecule has 4 nitrogen and oxygen atoms in total. The van der Waals surface area contributed by atoms with Crippen LogP contribution in [-0.2, 0) is 14.2 Å². The van der Waals surface area contributed by atoms with Crippen molar-refractivity contribution in [1.82, 2.24) is 5.32 Å². The van der Waals surface area contributed by atoms with Gasteiger partial charge in [-0.25, -0.2) is 0 Å². The van der Waals surface area contributed by atoms with Gasteiger partial charge in [-0.3, -0.25) is 0 Å². The van der Waals surface area contributed by atoms with E-state index in [1.54, 1.807) is 7.11 Å². The van der Waals surface area contributed by atoms with E-state index in [9.17, 15) is 0 Å². The smallest absolute Gasteiger partial charge is 0.0704 e. The largest absolute Gasteiger partial charge is 0.382 e. The highest BCUT2D eigenvalue weighted by Crippen LogP contribution is 1.96. The normalized spacial score (nSPS) is 14.8. The number of hydrogen-bond acceptors (Lipinski definition) is 4. The molecule has 0 aromatic carbocycles. The molecule has 0 rings (SSSR count). The summed E-state index contributed by atoms with van der Waals surface area (Å²) < 4.78 is 15.8. The number of hydrogen-bond donors (Lipinski definition) is 1. The van der Waals surface area contributed by atoms with E-state index in [0.29, 0.717) is 32.5 Å². The second-order valence-corrected chi connectivity index (χ2v) is 4.38. The van der Waals surface area contributed by atoms with Gasteiger partial charge in [-0.2, -0.15) is 0 Å². The number of nitrogens with one attached hydrogen (secondary N) is 1. The summed E-state index contributed by atoms with van der Waals surface area (Å²) in [5.41, 5.74) is 0. The molecule has 17 heavy (non-hydrogen) atoms. The highest BCUT2D eigenvalue weighted by molar-refractivity contribution is 4.62. The SMILES string of the molecule is CCCC(C)NCC(C)OCCOCCOC. The monoisotopic (exact) mass is 247 g/mol. The molecule has 0 saturated heterocycles. The maximum Gasteiger partial charge on any atom is 0.0704 e. The van der Waals surface area contributed by atoms with E-state index in [1.807, 2.05) is 0 Å². The van der Waals surface area contributed by atoms with Crippen molar-refractivity contribution in [1.29, 1.82) is 0 Å². The molecule has 0 amide bonds. The molecule has 0 heterocycles. The zero-order chi connectivity index (χ0) is 12.9. The van der Waals surface area contributed by atoms with Crippen LogP contribution in [0.4, 0.5) is 0 Å². The second-order valence-electron chi connectivity index (χ2n) is 4.38. The summed E-state index contributed by atoms with van der Waals surface area (Å²) in [6, 6.07) is 0.573. The third-order valence-electron chi connectivity index (χ3n) is 2.54. The zero-order valence-electron chi connectivity index (χ0n) is 11.8. The van der Waals surface area contributed by atoms with Crippen molar-refractivity contribution < 1.29 is 14.2 Å². The fourth-order valence-corrected chi connectivity index (χ4v) is 1.51. The standard InChI is InChI=1S/C13H29NO3/c1-5-6-12(2)14-11-13(3)17-10-9-16-8-7-15-4/h12-14H,5-11H2,1-4H3. The van der Waals surface area contributed by atoms with Crippen LogP contribution < -0.4 is 5.32 Å². The maximum atomic E-state index is 5.62. The second kappa shape index (κ2) is 12.3. The van der Waals surface area contributed by atoms with Crippen molar-refractivity contribution in [2.75, 3.05) is 40.1 Å². The molecule has 2 unspecified atom stereocenters. The van der Waals surface area contributed by atoms with Gasteiger partial charge in [0.2, 0.25) is 0 Å². The minimum atomic E-state index is 0.236.